The van der Waals surface area contributed by atoms with Crippen LogP contribution in [0.25, 0.3) is 11.3 Å². The van der Waals surface area contributed by atoms with Gasteiger partial charge in [-0.2, -0.15) is 13.9 Å². The number of nitro groups is 1. The highest BCUT2D eigenvalue weighted by Crippen LogP contribution is 2.24. The molecule has 10 heteroatoms. The molecule has 0 unspecified atom stereocenters. The van der Waals surface area contributed by atoms with Gasteiger partial charge in [0.1, 0.15) is 5.75 Å². The van der Waals surface area contributed by atoms with Gasteiger partial charge in [-0.25, -0.2) is 0 Å². The number of H-pyrrole nitrogens is 1. The summed E-state index contributed by atoms with van der Waals surface area (Å²) in [6.45, 7) is -2.94. The van der Waals surface area contributed by atoms with Crippen LogP contribution in [0.1, 0.15) is 10.4 Å². The maximum atomic E-state index is 12.2. The second kappa shape index (κ2) is 7.60. The first-order valence-corrected chi connectivity index (χ1v) is 7.59. The van der Waals surface area contributed by atoms with E-state index in [0.29, 0.717) is 11.3 Å². The molecular weight excluding hydrogens is 362 g/mol. The van der Waals surface area contributed by atoms with Crippen molar-refractivity contribution < 1.29 is 23.2 Å². The Kier molecular flexibility index (Phi) is 5.06. The fourth-order valence-corrected chi connectivity index (χ4v) is 2.30. The molecule has 1 amide bonds. The number of amides is 1. The molecule has 0 saturated heterocycles. The summed E-state index contributed by atoms with van der Waals surface area (Å²) in [7, 11) is 0. The van der Waals surface area contributed by atoms with E-state index in [2.05, 4.69) is 20.3 Å². The van der Waals surface area contributed by atoms with Gasteiger partial charge in [-0.3, -0.25) is 20.0 Å². The highest BCUT2D eigenvalue weighted by atomic mass is 19.3. The lowest BCUT2D eigenvalue weighted by atomic mass is 10.1. The predicted molar refractivity (Wildman–Crippen MR) is 91.7 cm³/mol. The third-order valence-electron chi connectivity index (χ3n) is 3.53. The molecule has 0 radical (unpaired) electrons. The molecule has 0 spiro atoms. The normalized spacial score (nSPS) is 10.6. The zero-order chi connectivity index (χ0) is 19.4. The van der Waals surface area contributed by atoms with E-state index in [1.165, 1.54) is 48.5 Å². The van der Waals surface area contributed by atoms with Crippen LogP contribution in [0, 0.1) is 10.1 Å². The van der Waals surface area contributed by atoms with E-state index in [4.69, 9.17) is 0 Å². The topological polar surface area (TPSA) is 110 Å². The van der Waals surface area contributed by atoms with E-state index in [0.717, 1.165) is 0 Å². The Morgan fingerprint density at radius 3 is 2.59 bits per heavy atom. The summed E-state index contributed by atoms with van der Waals surface area (Å²) in [5.41, 5.74) is 1.16. The molecular formula is C17H12F2N4O4. The number of benzene rings is 2. The number of nitro benzene ring substituents is 1. The average Bonchev–Trinajstić information content (AvgIpc) is 3.10. The number of hydrogen-bond acceptors (Lipinski definition) is 5. The number of alkyl halides is 2. The molecule has 3 aromatic rings. The van der Waals surface area contributed by atoms with Gasteiger partial charge in [-0.05, 0) is 24.3 Å². The number of rotatable bonds is 6. The number of hydrogen-bond donors (Lipinski definition) is 2. The van der Waals surface area contributed by atoms with E-state index < -0.39 is 17.4 Å². The quantitative estimate of drug-likeness (QED) is 0.503. The molecule has 2 N–H and O–H groups in total. The number of ether oxygens (including phenoxy) is 1. The fraction of sp³-hybridized carbons (Fsp3) is 0.0588. The lowest BCUT2D eigenvalue weighted by Crippen LogP contribution is -2.12. The minimum Gasteiger partial charge on any atom is -0.435 e. The average molecular weight is 374 g/mol. The van der Waals surface area contributed by atoms with E-state index in [-0.39, 0.29) is 22.8 Å². The van der Waals surface area contributed by atoms with Gasteiger partial charge in [-0.1, -0.05) is 12.1 Å². The number of nitrogens with zero attached hydrogens (tertiary/aromatic N) is 2. The molecule has 0 bridgehead atoms. The van der Waals surface area contributed by atoms with Gasteiger partial charge >= 0.3 is 6.61 Å². The number of carbonyl (C=O) groups is 1. The second-order valence-electron chi connectivity index (χ2n) is 5.33. The molecule has 0 aliphatic rings. The van der Waals surface area contributed by atoms with E-state index >= 15 is 0 Å². The van der Waals surface area contributed by atoms with Crippen LogP contribution in [0.3, 0.4) is 0 Å². The first-order chi connectivity index (χ1) is 12.9. The van der Waals surface area contributed by atoms with Crippen molar-refractivity contribution in [2.75, 3.05) is 5.32 Å². The maximum Gasteiger partial charge on any atom is 0.387 e. The van der Waals surface area contributed by atoms with Crippen molar-refractivity contribution in [3.05, 3.63) is 70.3 Å². The van der Waals surface area contributed by atoms with Crippen molar-refractivity contribution in [2.24, 2.45) is 0 Å². The first kappa shape index (κ1) is 18.0. The SMILES string of the molecule is O=C(Nc1cc(-c2cccc([N+](=O)[O-])c2)[nH]n1)c1ccc(OC(F)F)cc1. The summed E-state index contributed by atoms with van der Waals surface area (Å²) >= 11 is 0. The number of aromatic nitrogens is 2. The molecule has 27 heavy (non-hydrogen) atoms. The van der Waals surface area contributed by atoms with Gasteiger partial charge in [0.05, 0.1) is 10.6 Å². The zero-order valence-corrected chi connectivity index (χ0v) is 13.6. The number of anilines is 1. The Bertz CT molecular complexity index is 973. The molecule has 138 valence electrons. The second-order valence-corrected chi connectivity index (χ2v) is 5.33. The molecule has 0 aliphatic heterocycles. The van der Waals surface area contributed by atoms with Crippen molar-refractivity contribution in [1.29, 1.82) is 0 Å². The van der Waals surface area contributed by atoms with Crippen molar-refractivity contribution in [2.45, 2.75) is 6.61 Å². The monoisotopic (exact) mass is 374 g/mol. The molecule has 2 aromatic carbocycles. The zero-order valence-electron chi connectivity index (χ0n) is 13.6. The highest BCUT2D eigenvalue weighted by Gasteiger charge is 2.12. The van der Waals surface area contributed by atoms with E-state index in [9.17, 15) is 23.7 Å². The molecule has 0 fully saturated rings. The molecule has 8 nitrogen and oxygen atoms in total. The van der Waals surface area contributed by atoms with Crippen molar-refractivity contribution in [1.82, 2.24) is 10.2 Å². The van der Waals surface area contributed by atoms with Crippen molar-refractivity contribution >= 4 is 17.4 Å². The van der Waals surface area contributed by atoms with E-state index in [1.807, 2.05) is 0 Å². The van der Waals surface area contributed by atoms with Gasteiger partial charge in [-0.15, -0.1) is 0 Å². The van der Waals surface area contributed by atoms with Gasteiger partial charge in [0.25, 0.3) is 11.6 Å². The lowest BCUT2D eigenvalue weighted by molar-refractivity contribution is -0.384. The van der Waals surface area contributed by atoms with Crippen LogP contribution in [-0.4, -0.2) is 27.6 Å². The molecule has 0 atom stereocenters. The molecule has 0 saturated carbocycles. The summed E-state index contributed by atoms with van der Waals surface area (Å²) < 4.78 is 28.5. The summed E-state index contributed by atoms with van der Waals surface area (Å²) in [6, 6.07) is 12.6. The molecule has 0 aliphatic carbocycles. The van der Waals surface area contributed by atoms with Crippen LogP contribution < -0.4 is 10.1 Å². The van der Waals surface area contributed by atoms with Crippen LogP contribution in [0.2, 0.25) is 0 Å². The number of nitrogens with one attached hydrogen (secondary N) is 2. The van der Waals surface area contributed by atoms with Gasteiger partial charge < -0.3 is 10.1 Å². The third-order valence-corrected chi connectivity index (χ3v) is 3.53. The molecule has 3 rings (SSSR count). The Morgan fingerprint density at radius 2 is 1.93 bits per heavy atom. The number of halogens is 2. The number of aromatic amines is 1. The Morgan fingerprint density at radius 1 is 1.19 bits per heavy atom. The van der Waals surface area contributed by atoms with Gasteiger partial charge in [0.15, 0.2) is 5.82 Å². The number of carbonyl (C=O) groups excluding carboxylic acids is 1. The summed E-state index contributed by atoms with van der Waals surface area (Å²) in [5.74, 6) is -0.362. The Balaban J connectivity index is 1.71. The van der Waals surface area contributed by atoms with Crippen LogP contribution in [0.15, 0.2) is 54.6 Å². The number of non-ortho nitro benzene ring substituents is 1. The maximum absolute atomic E-state index is 12.2. The lowest BCUT2D eigenvalue weighted by Gasteiger charge is -2.05. The third kappa shape index (κ3) is 4.42. The summed E-state index contributed by atoms with van der Waals surface area (Å²) in [4.78, 5) is 22.5. The smallest absolute Gasteiger partial charge is 0.387 e. The van der Waals surface area contributed by atoms with E-state index in [1.54, 1.807) is 6.07 Å². The van der Waals surface area contributed by atoms with Crippen molar-refractivity contribution in [3.8, 4) is 17.0 Å². The molecule has 1 aromatic heterocycles. The van der Waals surface area contributed by atoms with Crippen LogP contribution in [0.5, 0.6) is 5.75 Å². The minimum absolute atomic E-state index is 0.0609. The highest BCUT2D eigenvalue weighted by molar-refractivity contribution is 6.04. The molecule has 1 heterocycles. The van der Waals surface area contributed by atoms with Gasteiger partial charge in [0.2, 0.25) is 0 Å². The van der Waals surface area contributed by atoms with Crippen molar-refractivity contribution in [3.63, 3.8) is 0 Å². The van der Waals surface area contributed by atoms with Gasteiger partial charge in [0, 0.05) is 29.3 Å². The first-order valence-electron chi connectivity index (χ1n) is 7.59. The minimum atomic E-state index is -2.94. The standard InChI is InChI=1S/C17H12F2N4O4/c18-17(19)27-13-6-4-10(5-7-13)16(24)20-15-9-14(21-22-15)11-2-1-3-12(8-11)23(25)26/h1-9,17H,(H2,20,21,22,24). The Labute approximate surface area is 150 Å². The summed E-state index contributed by atoms with van der Waals surface area (Å²) in [5, 5.41) is 20.0. The Hall–Kier alpha value is -3.82. The van der Waals surface area contributed by atoms with Crippen LogP contribution >= 0.6 is 0 Å². The largest absolute Gasteiger partial charge is 0.435 e. The summed E-state index contributed by atoms with van der Waals surface area (Å²) in [6.07, 6.45) is 0. The van der Waals surface area contributed by atoms with Crippen LogP contribution in [0.4, 0.5) is 20.3 Å². The fourth-order valence-electron chi connectivity index (χ4n) is 2.30. The predicted octanol–water partition coefficient (Wildman–Crippen LogP) is 3.84. The van der Waals surface area contributed by atoms with Crippen LogP contribution in [-0.2, 0) is 0 Å².